The van der Waals surface area contributed by atoms with Crippen LogP contribution in [0.1, 0.15) is 11.1 Å². The molecule has 196 valence electrons. The third kappa shape index (κ3) is 5.80. The van der Waals surface area contributed by atoms with Crippen LogP contribution in [0.4, 0.5) is 21.0 Å². The first kappa shape index (κ1) is 24.0. The number of carbonyl (C=O) groups is 2. The van der Waals surface area contributed by atoms with Gasteiger partial charge in [-0.1, -0.05) is 24.3 Å². The monoisotopic (exact) mass is 526 g/mol. The standard InChI is InChI=1S/C29H22N2O8/c32-28(38-22-9-11-24-26(14-22)36-16-34-24)30-20-5-1-18(2-6-20)13-19-3-7-21(8-4-19)31-29(33)39-23-10-12-25-27(15-23)37-17-35-25/h1-12,14-15H,13,16-17H2,(H,30,32)(H,31,33). The van der Waals surface area contributed by atoms with Crippen LogP contribution < -0.4 is 39.1 Å². The fraction of sp³-hybridized carbons (Fsp3) is 0.103. The second kappa shape index (κ2) is 10.5. The Bertz CT molecular complexity index is 1400. The summed E-state index contributed by atoms with van der Waals surface area (Å²) in [4.78, 5) is 24.5. The smallest absolute Gasteiger partial charge is 0.417 e. The molecule has 2 amide bonds. The van der Waals surface area contributed by atoms with Crippen molar-refractivity contribution in [1.29, 1.82) is 0 Å². The van der Waals surface area contributed by atoms with Gasteiger partial charge in [0.2, 0.25) is 13.6 Å². The topological polar surface area (TPSA) is 114 Å². The maximum Gasteiger partial charge on any atom is 0.417 e. The average molecular weight is 527 g/mol. The van der Waals surface area contributed by atoms with Crippen molar-refractivity contribution in [3.05, 3.63) is 96.1 Å². The number of carbonyl (C=O) groups excluding carboxylic acids is 2. The minimum atomic E-state index is -0.609. The molecule has 2 aliphatic heterocycles. The Hall–Kier alpha value is -5.38. The van der Waals surface area contributed by atoms with Crippen molar-refractivity contribution in [2.24, 2.45) is 0 Å². The first-order valence-corrected chi connectivity index (χ1v) is 12.0. The first-order chi connectivity index (χ1) is 19.1. The number of hydrogen-bond donors (Lipinski definition) is 2. The van der Waals surface area contributed by atoms with Gasteiger partial charge in [-0.15, -0.1) is 0 Å². The molecule has 0 spiro atoms. The van der Waals surface area contributed by atoms with Crippen LogP contribution in [0.5, 0.6) is 34.5 Å². The van der Waals surface area contributed by atoms with Crippen molar-refractivity contribution < 1.29 is 38.0 Å². The maximum absolute atomic E-state index is 12.3. The summed E-state index contributed by atoms with van der Waals surface area (Å²) in [5.74, 6) is 3.01. The summed E-state index contributed by atoms with van der Waals surface area (Å²) in [6, 6.07) is 24.8. The fourth-order valence-electron chi connectivity index (χ4n) is 4.03. The van der Waals surface area contributed by atoms with Crippen LogP contribution in [0.2, 0.25) is 0 Å². The highest BCUT2D eigenvalue weighted by Crippen LogP contribution is 2.36. The summed E-state index contributed by atoms with van der Waals surface area (Å²) < 4.78 is 31.7. The molecule has 0 bridgehead atoms. The fourth-order valence-corrected chi connectivity index (χ4v) is 4.03. The maximum atomic E-state index is 12.3. The van der Waals surface area contributed by atoms with E-state index in [4.69, 9.17) is 28.4 Å². The lowest BCUT2D eigenvalue weighted by molar-refractivity contribution is 0.173. The second-order valence-electron chi connectivity index (χ2n) is 8.63. The zero-order chi connectivity index (χ0) is 26.6. The van der Waals surface area contributed by atoms with E-state index in [1.807, 2.05) is 24.3 Å². The molecule has 2 aliphatic rings. The predicted octanol–water partition coefficient (Wildman–Crippen LogP) is 5.96. The van der Waals surface area contributed by atoms with Crippen LogP contribution in [0, 0.1) is 0 Å². The van der Waals surface area contributed by atoms with E-state index in [2.05, 4.69) is 10.6 Å². The van der Waals surface area contributed by atoms with Crippen LogP contribution in [0.3, 0.4) is 0 Å². The number of rotatable bonds is 6. The Balaban J connectivity index is 0.984. The number of amides is 2. The van der Waals surface area contributed by atoms with E-state index in [1.165, 1.54) is 0 Å². The predicted molar refractivity (Wildman–Crippen MR) is 140 cm³/mol. The van der Waals surface area contributed by atoms with Gasteiger partial charge in [0.05, 0.1) is 0 Å². The van der Waals surface area contributed by atoms with Crippen LogP contribution in [0.25, 0.3) is 0 Å². The van der Waals surface area contributed by atoms with E-state index >= 15 is 0 Å². The van der Waals surface area contributed by atoms with Crippen molar-refractivity contribution in [1.82, 2.24) is 0 Å². The summed E-state index contributed by atoms with van der Waals surface area (Å²) in [7, 11) is 0. The van der Waals surface area contributed by atoms with Gasteiger partial charge in [-0.05, 0) is 66.1 Å². The van der Waals surface area contributed by atoms with E-state index in [-0.39, 0.29) is 13.6 Å². The van der Waals surface area contributed by atoms with Gasteiger partial charge in [0.15, 0.2) is 23.0 Å². The molecule has 10 heteroatoms. The molecule has 39 heavy (non-hydrogen) atoms. The first-order valence-electron chi connectivity index (χ1n) is 12.0. The lowest BCUT2D eigenvalue weighted by Crippen LogP contribution is -2.16. The Morgan fingerprint density at radius 2 is 0.974 bits per heavy atom. The molecule has 2 N–H and O–H groups in total. The summed E-state index contributed by atoms with van der Waals surface area (Å²) in [5, 5.41) is 5.41. The molecule has 0 saturated heterocycles. The van der Waals surface area contributed by atoms with E-state index in [1.54, 1.807) is 60.7 Å². The van der Waals surface area contributed by atoms with Crippen molar-refractivity contribution in [3.8, 4) is 34.5 Å². The van der Waals surface area contributed by atoms with Crippen LogP contribution in [0.15, 0.2) is 84.9 Å². The Kier molecular flexibility index (Phi) is 6.48. The minimum absolute atomic E-state index is 0.149. The highest BCUT2D eigenvalue weighted by atomic mass is 16.7. The molecule has 2 heterocycles. The lowest BCUT2D eigenvalue weighted by atomic mass is 10.0. The zero-order valence-corrected chi connectivity index (χ0v) is 20.5. The number of benzene rings is 4. The van der Waals surface area contributed by atoms with Gasteiger partial charge in [-0.25, -0.2) is 9.59 Å². The molecule has 0 unspecified atom stereocenters. The summed E-state index contributed by atoms with van der Waals surface area (Å²) in [6.45, 7) is 0.298. The van der Waals surface area contributed by atoms with E-state index in [9.17, 15) is 9.59 Å². The summed E-state index contributed by atoms with van der Waals surface area (Å²) in [5.41, 5.74) is 3.30. The van der Waals surface area contributed by atoms with Crippen LogP contribution in [-0.2, 0) is 6.42 Å². The third-order valence-corrected chi connectivity index (χ3v) is 5.92. The second-order valence-corrected chi connectivity index (χ2v) is 8.63. The minimum Gasteiger partial charge on any atom is -0.454 e. The van der Waals surface area contributed by atoms with Gasteiger partial charge >= 0.3 is 12.2 Å². The van der Waals surface area contributed by atoms with Crippen molar-refractivity contribution in [2.75, 3.05) is 24.2 Å². The van der Waals surface area contributed by atoms with Gasteiger partial charge in [-0.3, -0.25) is 10.6 Å². The number of anilines is 2. The van der Waals surface area contributed by atoms with Crippen LogP contribution >= 0.6 is 0 Å². The summed E-state index contributed by atoms with van der Waals surface area (Å²) in [6.07, 6.45) is -0.548. The SMILES string of the molecule is O=C(Nc1ccc(Cc2ccc(NC(=O)Oc3ccc4c(c3)OCO4)cc2)cc1)Oc1ccc2c(c1)OCO2. The Morgan fingerprint density at radius 1 is 0.564 bits per heavy atom. The van der Waals surface area contributed by atoms with E-state index in [0.29, 0.717) is 52.3 Å². The van der Waals surface area contributed by atoms with Crippen LogP contribution in [-0.4, -0.2) is 25.8 Å². The normalized spacial score (nSPS) is 12.5. The Labute approximate surface area is 223 Å². The van der Waals surface area contributed by atoms with Gasteiger partial charge < -0.3 is 28.4 Å². The highest BCUT2D eigenvalue weighted by molar-refractivity contribution is 5.87. The number of ether oxygens (including phenoxy) is 6. The van der Waals surface area contributed by atoms with E-state index < -0.39 is 12.2 Å². The molecule has 4 aromatic carbocycles. The van der Waals surface area contributed by atoms with Gasteiger partial charge in [-0.2, -0.15) is 0 Å². The number of nitrogens with one attached hydrogen (secondary N) is 2. The largest absolute Gasteiger partial charge is 0.454 e. The number of hydrogen-bond acceptors (Lipinski definition) is 8. The van der Waals surface area contributed by atoms with Gasteiger partial charge in [0.25, 0.3) is 0 Å². The van der Waals surface area contributed by atoms with Crippen molar-refractivity contribution in [2.45, 2.75) is 6.42 Å². The lowest BCUT2D eigenvalue weighted by Gasteiger charge is -2.09. The molecule has 0 radical (unpaired) electrons. The molecule has 6 rings (SSSR count). The van der Waals surface area contributed by atoms with Crippen molar-refractivity contribution in [3.63, 3.8) is 0 Å². The summed E-state index contributed by atoms with van der Waals surface area (Å²) >= 11 is 0. The average Bonchev–Trinajstić information content (AvgIpc) is 3.60. The highest BCUT2D eigenvalue weighted by Gasteiger charge is 2.16. The zero-order valence-electron chi connectivity index (χ0n) is 20.5. The molecule has 0 aromatic heterocycles. The molecular formula is C29H22N2O8. The third-order valence-electron chi connectivity index (χ3n) is 5.92. The Morgan fingerprint density at radius 3 is 1.41 bits per heavy atom. The molecule has 0 saturated carbocycles. The van der Waals surface area contributed by atoms with Gasteiger partial charge in [0, 0.05) is 23.5 Å². The molecule has 0 aliphatic carbocycles. The molecular weight excluding hydrogens is 504 g/mol. The molecule has 0 fully saturated rings. The molecule has 4 aromatic rings. The number of fused-ring (bicyclic) bond motifs is 2. The van der Waals surface area contributed by atoms with Crippen molar-refractivity contribution >= 4 is 23.6 Å². The quantitative estimate of drug-likeness (QED) is 0.317. The van der Waals surface area contributed by atoms with Gasteiger partial charge in [0.1, 0.15) is 11.5 Å². The molecule has 0 atom stereocenters. The molecule has 10 nitrogen and oxygen atoms in total. The van der Waals surface area contributed by atoms with E-state index in [0.717, 1.165) is 11.1 Å².